The van der Waals surface area contributed by atoms with E-state index in [1.165, 1.54) is 24.3 Å². The number of hydrogen-bond acceptors (Lipinski definition) is 4. The fourth-order valence-electron chi connectivity index (χ4n) is 2.37. The quantitative estimate of drug-likeness (QED) is 0.427. The maximum Gasteiger partial charge on any atom is 0.359 e. The molecule has 0 saturated heterocycles. The summed E-state index contributed by atoms with van der Waals surface area (Å²) in [6.45, 7) is 0.118. The minimum atomic E-state index is -0.526. The second-order valence-corrected chi connectivity index (χ2v) is 5.29. The van der Waals surface area contributed by atoms with Gasteiger partial charge < -0.3 is 4.74 Å². The molecule has 0 aliphatic carbocycles. The lowest BCUT2D eigenvalue weighted by Gasteiger charge is -2.03. The number of carbonyl (C=O) groups excluding carboxylic acids is 2. The molecule has 0 aliphatic heterocycles. The standard InChI is InChI=1S/C18H15FN2O3/c19-13-9-7-12(8-10-13)16(22)6-3-11-24-18(23)17-14-4-1-2-5-15(14)20-21-17/h1-2,4-5,7-10H,3,6,11H2,(H,20,21). The van der Waals surface area contributed by atoms with Crippen molar-refractivity contribution in [3.05, 3.63) is 65.6 Å². The van der Waals surface area contributed by atoms with E-state index in [2.05, 4.69) is 10.2 Å². The summed E-state index contributed by atoms with van der Waals surface area (Å²) in [6, 6.07) is 12.6. The first-order chi connectivity index (χ1) is 11.6. The first-order valence-corrected chi connectivity index (χ1v) is 7.54. The fraction of sp³-hybridized carbons (Fsp3) is 0.167. The Morgan fingerprint density at radius 3 is 2.62 bits per heavy atom. The van der Waals surface area contributed by atoms with E-state index in [0.717, 1.165) is 5.52 Å². The Bertz CT molecular complexity index is 871. The van der Waals surface area contributed by atoms with Gasteiger partial charge in [0.15, 0.2) is 11.5 Å². The average Bonchev–Trinajstić information content (AvgIpc) is 3.03. The highest BCUT2D eigenvalue weighted by atomic mass is 19.1. The molecular weight excluding hydrogens is 311 g/mol. The molecule has 0 atom stereocenters. The fourth-order valence-corrected chi connectivity index (χ4v) is 2.37. The number of Topliss-reactive ketones (excluding diaryl/α,β-unsaturated/α-hetero) is 1. The van der Waals surface area contributed by atoms with Gasteiger partial charge in [0.2, 0.25) is 0 Å². The average molecular weight is 326 g/mol. The maximum absolute atomic E-state index is 12.8. The lowest BCUT2D eigenvalue weighted by Crippen LogP contribution is -2.09. The molecule has 0 aliphatic rings. The number of ketones is 1. The highest BCUT2D eigenvalue weighted by Crippen LogP contribution is 2.16. The zero-order valence-corrected chi connectivity index (χ0v) is 12.8. The molecule has 6 heteroatoms. The van der Waals surface area contributed by atoms with Gasteiger partial charge in [0, 0.05) is 17.4 Å². The topological polar surface area (TPSA) is 72.1 Å². The molecule has 3 rings (SSSR count). The van der Waals surface area contributed by atoms with Crippen LogP contribution in [-0.4, -0.2) is 28.6 Å². The Balaban J connectivity index is 1.50. The molecule has 0 spiro atoms. The molecular formula is C18H15FN2O3. The lowest BCUT2D eigenvalue weighted by molar-refractivity contribution is 0.0489. The van der Waals surface area contributed by atoms with Crippen molar-refractivity contribution in [1.82, 2.24) is 10.2 Å². The summed E-state index contributed by atoms with van der Waals surface area (Å²) >= 11 is 0. The van der Waals surface area contributed by atoms with Crippen LogP contribution in [0.4, 0.5) is 4.39 Å². The third-order valence-corrected chi connectivity index (χ3v) is 3.61. The van der Waals surface area contributed by atoms with Crippen LogP contribution < -0.4 is 0 Å². The molecule has 1 aromatic heterocycles. The number of para-hydroxylation sites is 1. The molecule has 1 heterocycles. The van der Waals surface area contributed by atoms with Crippen LogP contribution in [0, 0.1) is 5.82 Å². The largest absolute Gasteiger partial charge is 0.461 e. The van der Waals surface area contributed by atoms with E-state index in [9.17, 15) is 14.0 Å². The van der Waals surface area contributed by atoms with E-state index in [4.69, 9.17) is 4.74 Å². The van der Waals surface area contributed by atoms with E-state index in [-0.39, 0.29) is 30.3 Å². The van der Waals surface area contributed by atoms with Gasteiger partial charge in [0.25, 0.3) is 0 Å². The molecule has 0 radical (unpaired) electrons. The highest BCUT2D eigenvalue weighted by Gasteiger charge is 2.15. The third-order valence-electron chi connectivity index (χ3n) is 3.61. The Morgan fingerprint density at radius 1 is 1.08 bits per heavy atom. The molecule has 5 nitrogen and oxygen atoms in total. The number of halogens is 1. The van der Waals surface area contributed by atoms with Gasteiger partial charge in [-0.1, -0.05) is 18.2 Å². The summed E-state index contributed by atoms with van der Waals surface area (Å²) < 4.78 is 18.0. The molecule has 1 N–H and O–H groups in total. The summed E-state index contributed by atoms with van der Waals surface area (Å²) in [6.07, 6.45) is 0.616. The number of carbonyl (C=O) groups is 2. The number of hydrogen-bond donors (Lipinski definition) is 1. The summed E-state index contributed by atoms with van der Waals surface area (Å²) in [4.78, 5) is 24.0. The van der Waals surface area contributed by atoms with Crippen molar-refractivity contribution in [3.8, 4) is 0 Å². The Morgan fingerprint density at radius 2 is 1.83 bits per heavy atom. The number of ether oxygens (including phenoxy) is 1. The van der Waals surface area contributed by atoms with Crippen molar-refractivity contribution >= 4 is 22.7 Å². The number of esters is 1. The lowest BCUT2D eigenvalue weighted by atomic mass is 10.1. The van der Waals surface area contributed by atoms with Gasteiger partial charge in [0.05, 0.1) is 12.1 Å². The second-order valence-electron chi connectivity index (χ2n) is 5.29. The van der Waals surface area contributed by atoms with Crippen LogP contribution in [0.3, 0.4) is 0 Å². The van der Waals surface area contributed by atoms with Crippen molar-refractivity contribution in [1.29, 1.82) is 0 Å². The Labute approximate surface area is 137 Å². The molecule has 24 heavy (non-hydrogen) atoms. The number of rotatable bonds is 6. The number of H-pyrrole nitrogens is 1. The van der Waals surface area contributed by atoms with Crippen molar-refractivity contribution in [2.24, 2.45) is 0 Å². The molecule has 0 saturated carbocycles. The first kappa shape index (κ1) is 15.9. The zero-order valence-electron chi connectivity index (χ0n) is 12.8. The van der Waals surface area contributed by atoms with Crippen LogP contribution in [0.5, 0.6) is 0 Å². The summed E-state index contributed by atoms with van der Waals surface area (Å²) in [5, 5.41) is 7.43. The predicted octanol–water partition coefficient (Wildman–Crippen LogP) is 3.52. The molecule has 0 amide bonds. The number of nitrogens with zero attached hydrogens (tertiary/aromatic N) is 1. The van der Waals surface area contributed by atoms with E-state index < -0.39 is 5.97 Å². The van der Waals surface area contributed by atoms with Crippen molar-refractivity contribution < 1.29 is 18.7 Å². The Kier molecular flexibility index (Phi) is 4.65. The predicted molar refractivity (Wildman–Crippen MR) is 86.3 cm³/mol. The molecule has 0 unspecified atom stereocenters. The summed E-state index contributed by atoms with van der Waals surface area (Å²) in [7, 11) is 0. The van der Waals surface area contributed by atoms with Gasteiger partial charge in [-0.05, 0) is 36.8 Å². The zero-order chi connectivity index (χ0) is 16.9. The van der Waals surface area contributed by atoms with Crippen molar-refractivity contribution in [3.63, 3.8) is 0 Å². The molecule has 3 aromatic rings. The number of aromatic amines is 1. The van der Waals surface area contributed by atoms with Gasteiger partial charge >= 0.3 is 5.97 Å². The van der Waals surface area contributed by atoms with Gasteiger partial charge in [0.1, 0.15) is 5.82 Å². The van der Waals surface area contributed by atoms with E-state index in [1.54, 1.807) is 6.07 Å². The number of nitrogens with one attached hydrogen (secondary N) is 1. The minimum Gasteiger partial charge on any atom is -0.461 e. The van der Waals surface area contributed by atoms with Crippen LogP contribution in [0.2, 0.25) is 0 Å². The molecule has 0 bridgehead atoms. The van der Waals surface area contributed by atoms with Crippen molar-refractivity contribution in [2.45, 2.75) is 12.8 Å². The maximum atomic E-state index is 12.8. The van der Waals surface area contributed by atoms with Crippen LogP contribution in [0.15, 0.2) is 48.5 Å². The van der Waals surface area contributed by atoms with Crippen molar-refractivity contribution in [2.75, 3.05) is 6.61 Å². The summed E-state index contributed by atoms with van der Waals surface area (Å²) in [5.41, 5.74) is 1.44. The van der Waals surface area contributed by atoms with E-state index in [0.29, 0.717) is 17.4 Å². The number of fused-ring (bicyclic) bond motifs is 1. The smallest absolute Gasteiger partial charge is 0.359 e. The first-order valence-electron chi connectivity index (χ1n) is 7.54. The summed E-state index contributed by atoms with van der Waals surface area (Å²) in [5.74, 6) is -1.02. The van der Waals surface area contributed by atoms with Crippen LogP contribution in [0.1, 0.15) is 33.7 Å². The number of aromatic nitrogens is 2. The SMILES string of the molecule is O=C(CCCOC(=O)c1n[nH]c2ccccc12)c1ccc(F)cc1. The Hall–Kier alpha value is -3.02. The van der Waals surface area contributed by atoms with Gasteiger partial charge in [-0.2, -0.15) is 5.10 Å². The second kappa shape index (κ2) is 7.04. The highest BCUT2D eigenvalue weighted by molar-refractivity contribution is 6.01. The van der Waals surface area contributed by atoms with Crippen LogP contribution in [0.25, 0.3) is 10.9 Å². The number of benzene rings is 2. The van der Waals surface area contributed by atoms with Crippen LogP contribution >= 0.6 is 0 Å². The normalized spacial score (nSPS) is 10.7. The molecule has 2 aromatic carbocycles. The molecule has 122 valence electrons. The molecule has 0 fully saturated rings. The van der Waals surface area contributed by atoms with Crippen LogP contribution in [-0.2, 0) is 4.74 Å². The van der Waals surface area contributed by atoms with Gasteiger partial charge in [-0.15, -0.1) is 0 Å². The van der Waals surface area contributed by atoms with Gasteiger partial charge in [-0.25, -0.2) is 9.18 Å². The minimum absolute atomic E-state index is 0.115. The third kappa shape index (κ3) is 3.48. The van der Waals surface area contributed by atoms with E-state index in [1.807, 2.05) is 18.2 Å². The van der Waals surface area contributed by atoms with E-state index >= 15 is 0 Å². The monoisotopic (exact) mass is 326 g/mol. The van der Waals surface area contributed by atoms with Gasteiger partial charge in [-0.3, -0.25) is 9.89 Å².